The summed E-state index contributed by atoms with van der Waals surface area (Å²) in [5, 5.41) is 3.93. The molecule has 0 bridgehead atoms. The van der Waals surface area contributed by atoms with Gasteiger partial charge in [0.2, 0.25) is 0 Å². The molecule has 2 N–H and O–H groups in total. The van der Waals surface area contributed by atoms with Gasteiger partial charge in [-0.05, 0) is 18.9 Å². The third kappa shape index (κ3) is 3.23. The second-order valence-corrected chi connectivity index (χ2v) is 4.21. The van der Waals surface area contributed by atoms with Crippen LogP contribution in [0.5, 0.6) is 0 Å². The zero-order valence-corrected chi connectivity index (χ0v) is 9.54. The Hall–Kier alpha value is -1.04. The Morgan fingerprint density at radius 1 is 1.38 bits per heavy atom. The zero-order chi connectivity index (χ0) is 12.5. The first kappa shape index (κ1) is 13.0. The number of hydrogen-bond acceptors (Lipinski definition) is 2. The van der Waals surface area contributed by atoms with Gasteiger partial charge in [-0.3, -0.25) is 4.68 Å². The molecule has 0 aliphatic heterocycles. The van der Waals surface area contributed by atoms with Crippen molar-refractivity contribution < 1.29 is 13.2 Å². The molecular weight excluding hydrogens is 219 g/mol. The lowest BCUT2D eigenvalue weighted by Crippen LogP contribution is -2.22. The molecule has 0 saturated heterocycles. The normalized spacial score (nSPS) is 14.5. The Morgan fingerprint density at radius 2 is 1.94 bits per heavy atom. The number of halogens is 3. The molecule has 92 valence electrons. The summed E-state index contributed by atoms with van der Waals surface area (Å²) in [5.41, 5.74) is 6.67. The summed E-state index contributed by atoms with van der Waals surface area (Å²) in [6.45, 7) is 4.32. The van der Waals surface area contributed by atoms with E-state index in [9.17, 15) is 13.2 Å². The van der Waals surface area contributed by atoms with Crippen LogP contribution in [0.2, 0.25) is 0 Å². The minimum atomic E-state index is -4.27. The SMILES string of the molecule is CC(C)c1cc([C@@H](C)N)n(CC(F)(F)F)n1. The van der Waals surface area contributed by atoms with Crippen molar-refractivity contribution in [2.75, 3.05) is 0 Å². The molecule has 1 rings (SSSR count). The van der Waals surface area contributed by atoms with Crippen LogP contribution < -0.4 is 5.73 Å². The molecule has 0 unspecified atom stereocenters. The van der Waals surface area contributed by atoms with Crippen molar-refractivity contribution in [1.29, 1.82) is 0 Å². The van der Waals surface area contributed by atoms with Crippen LogP contribution in [0.4, 0.5) is 13.2 Å². The molecule has 0 aromatic carbocycles. The van der Waals surface area contributed by atoms with Gasteiger partial charge in [0.1, 0.15) is 6.54 Å². The maximum atomic E-state index is 12.3. The summed E-state index contributed by atoms with van der Waals surface area (Å²) in [7, 11) is 0. The molecule has 1 aromatic heterocycles. The molecule has 1 heterocycles. The molecule has 0 saturated carbocycles. The molecule has 0 aliphatic carbocycles. The van der Waals surface area contributed by atoms with E-state index < -0.39 is 18.8 Å². The number of hydrogen-bond donors (Lipinski definition) is 1. The lowest BCUT2D eigenvalue weighted by Gasteiger charge is -2.11. The fraction of sp³-hybridized carbons (Fsp3) is 0.700. The van der Waals surface area contributed by atoms with Gasteiger partial charge in [-0.25, -0.2) is 0 Å². The summed E-state index contributed by atoms with van der Waals surface area (Å²) in [5.74, 6) is 0.0898. The third-order valence-electron chi connectivity index (χ3n) is 2.22. The Bertz CT molecular complexity index is 353. The van der Waals surface area contributed by atoms with E-state index in [0.29, 0.717) is 11.4 Å². The summed E-state index contributed by atoms with van der Waals surface area (Å²) < 4.78 is 37.8. The largest absolute Gasteiger partial charge is 0.408 e. The van der Waals surface area contributed by atoms with Crippen LogP contribution in [-0.4, -0.2) is 16.0 Å². The van der Waals surface area contributed by atoms with Crippen LogP contribution in [0.25, 0.3) is 0 Å². The molecule has 1 atom stereocenters. The number of alkyl halides is 3. The highest BCUT2D eigenvalue weighted by Crippen LogP contribution is 2.23. The second-order valence-electron chi connectivity index (χ2n) is 4.21. The van der Waals surface area contributed by atoms with E-state index in [2.05, 4.69) is 5.10 Å². The van der Waals surface area contributed by atoms with E-state index in [1.807, 2.05) is 13.8 Å². The quantitative estimate of drug-likeness (QED) is 0.875. The van der Waals surface area contributed by atoms with Crippen LogP contribution in [0.15, 0.2) is 6.07 Å². The van der Waals surface area contributed by atoms with Crippen molar-refractivity contribution in [2.24, 2.45) is 5.73 Å². The predicted octanol–water partition coefficient (Wildman–Crippen LogP) is 2.59. The lowest BCUT2D eigenvalue weighted by molar-refractivity contribution is -0.143. The molecule has 6 heteroatoms. The number of rotatable bonds is 3. The number of nitrogens with two attached hydrogens (primary N) is 1. The molecule has 0 fully saturated rings. The van der Waals surface area contributed by atoms with Crippen molar-refractivity contribution >= 4 is 0 Å². The third-order valence-corrected chi connectivity index (χ3v) is 2.22. The highest BCUT2D eigenvalue weighted by atomic mass is 19.4. The first-order valence-corrected chi connectivity index (χ1v) is 5.10. The standard InChI is InChI=1S/C10H16F3N3/c1-6(2)8-4-9(7(3)14)16(15-8)5-10(11,12)13/h4,6-7H,5,14H2,1-3H3/t7-/m1/s1. The van der Waals surface area contributed by atoms with Gasteiger partial charge in [0.25, 0.3) is 0 Å². The molecule has 3 nitrogen and oxygen atoms in total. The van der Waals surface area contributed by atoms with E-state index in [1.54, 1.807) is 13.0 Å². The maximum absolute atomic E-state index is 12.3. The Balaban J connectivity index is 3.06. The Kier molecular flexibility index (Phi) is 3.62. The monoisotopic (exact) mass is 235 g/mol. The highest BCUT2D eigenvalue weighted by molar-refractivity contribution is 5.16. The predicted molar refractivity (Wildman–Crippen MR) is 55.0 cm³/mol. The van der Waals surface area contributed by atoms with Gasteiger partial charge >= 0.3 is 6.18 Å². The van der Waals surface area contributed by atoms with Crippen LogP contribution in [0, 0.1) is 0 Å². The van der Waals surface area contributed by atoms with E-state index in [1.165, 1.54) is 0 Å². The fourth-order valence-corrected chi connectivity index (χ4v) is 1.40. The van der Waals surface area contributed by atoms with Crippen LogP contribution in [0.1, 0.15) is 44.1 Å². The maximum Gasteiger partial charge on any atom is 0.408 e. The van der Waals surface area contributed by atoms with Crippen molar-refractivity contribution in [3.63, 3.8) is 0 Å². The first-order chi connectivity index (χ1) is 7.20. The van der Waals surface area contributed by atoms with Gasteiger partial charge in [0.05, 0.1) is 11.4 Å². The molecule has 0 amide bonds. The molecule has 0 radical (unpaired) electrons. The summed E-state index contributed by atoms with van der Waals surface area (Å²) >= 11 is 0. The van der Waals surface area contributed by atoms with Gasteiger partial charge in [-0.2, -0.15) is 18.3 Å². The van der Waals surface area contributed by atoms with Crippen LogP contribution >= 0.6 is 0 Å². The second kappa shape index (κ2) is 4.45. The Morgan fingerprint density at radius 3 is 2.31 bits per heavy atom. The zero-order valence-electron chi connectivity index (χ0n) is 9.54. The minimum Gasteiger partial charge on any atom is -0.323 e. The average Bonchev–Trinajstić information content (AvgIpc) is 2.44. The van der Waals surface area contributed by atoms with Crippen molar-refractivity contribution in [3.05, 3.63) is 17.5 Å². The van der Waals surface area contributed by atoms with Crippen molar-refractivity contribution in [3.8, 4) is 0 Å². The van der Waals surface area contributed by atoms with E-state index in [-0.39, 0.29) is 5.92 Å². The van der Waals surface area contributed by atoms with Crippen molar-refractivity contribution in [2.45, 2.75) is 45.5 Å². The molecule has 0 aliphatic rings. The van der Waals surface area contributed by atoms with Gasteiger partial charge < -0.3 is 5.73 Å². The van der Waals surface area contributed by atoms with Crippen LogP contribution in [-0.2, 0) is 6.54 Å². The van der Waals surface area contributed by atoms with E-state index >= 15 is 0 Å². The fourth-order valence-electron chi connectivity index (χ4n) is 1.40. The van der Waals surface area contributed by atoms with Crippen molar-refractivity contribution in [1.82, 2.24) is 9.78 Å². The van der Waals surface area contributed by atoms with E-state index in [0.717, 1.165) is 4.68 Å². The molecule has 16 heavy (non-hydrogen) atoms. The molecule has 0 spiro atoms. The topological polar surface area (TPSA) is 43.8 Å². The minimum absolute atomic E-state index is 0.0898. The van der Waals surface area contributed by atoms with Gasteiger partial charge in [0, 0.05) is 6.04 Å². The smallest absolute Gasteiger partial charge is 0.323 e. The summed E-state index contributed by atoms with van der Waals surface area (Å²) in [6.07, 6.45) is -4.27. The Labute approximate surface area is 92.4 Å². The summed E-state index contributed by atoms with van der Waals surface area (Å²) in [4.78, 5) is 0. The van der Waals surface area contributed by atoms with E-state index in [4.69, 9.17) is 5.73 Å². The first-order valence-electron chi connectivity index (χ1n) is 5.10. The molecular formula is C10H16F3N3. The lowest BCUT2D eigenvalue weighted by atomic mass is 10.1. The van der Waals surface area contributed by atoms with Gasteiger partial charge in [0.15, 0.2) is 0 Å². The van der Waals surface area contributed by atoms with Crippen LogP contribution in [0.3, 0.4) is 0 Å². The number of nitrogens with zero attached hydrogens (tertiary/aromatic N) is 2. The van der Waals surface area contributed by atoms with Gasteiger partial charge in [-0.15, -0.1) is 0 Å². The number of aromatic nitrogens is 2. The molecule has 1 aromatic rings. The van der Waals surface area contributed by atoms with Gasteiger partial charge in [-0.1, -0.05) is 13.8 Å². The average molecular weight is 235 g/mol. The summed E-state index contributed by atoms with van der Waals surface area (Å²) in [6, 6.07) is 1.18. The highest BCUT2D eigenvalue weighted by Gasteiger charge is 2.30.